The number of ether oxygens (including phenoxy) is 1. The maximum absolute atomic E-state index is 11.5. The highest BCUT2D eigenvalue weighted by molar-refractivity contribution is 8.18. The Labute approximate surface area is 121 Å². The molecule has 0 unspecified atom stereocenters. The minimum atomic E-state index is -0.322. The molecule has 0 spiro atoms. The monoisotopic (exact) mass is 290 g/mol. The zero-order chi connectivity index (χ0) is 13.9. The Morgan fingerprint density at radius 3 is 2.45 bits per heavy atom. The number of nitrogens with one attached hydrogen (secondary N) is 1. The molecule has 2 aliphatic heterocycles. The molecule has 0 aliphatic carbocycles. The highest BCUT2D eigenvalue weighted by atomic mass is 32.2. The van der Waals surface area contributed by atoms with E-state index in [2.05, 4.69) is 10.2 Å². The molecule has 5 nitrogen and oxygen atoms in total. The van der Waals surface area contributed by atoms with Crippen LogP contribution >= 0.6 is 11.8 Å². The summed E-state index contributed by atoms with van der Waals surface area (Å²) in [5.41, 5.74) is 2.06. The first-order valence-electron chi connectivity index (χ1n) is 6.40. The lowest BCUT2D eigenvalue weighted by atomic mass is 10.1. The Hall–Kier alpha value is -1.79. The molecule has 2 amide bonds. The normalized spacial score (nSPS) is 21.4. The van der Waals surface area contributed by atoms with Crippen LogP contribution in [-0.4, -0.2) is 37.4 Å². The molecule has 2 heterocycles. The first-order chi connectivity index (χ1) is 9.72. The van der Waals surface area contributed by atoms with Crippen LogP contribution in [0.15, 0.2) is 29.2 Å². The molecule has 104 valence electrons. The standard InChI is InChI=1S/C14H14N2O3S/c17-13-12(20-14(18)15-13)9-10-1-3-11(4-2-10)16-5-7-19-8-6-16/h1-4,9H,5-8H2,(H,15,17,18)/b12-9-. The van der Waals surface area contributed by atoms with Crippen molar-refractivity contribution in [1.29, 1.82) is 0 Å². The summed E-state index contributed by atoms with van der Waals surface area (Å²) in [6.07, 6.45) is 1.73. The third kappa shape index (κ3) is 2.86. The van der Waals surface area contributed by atoms with Gasteiger partial charge in [0.25, 0.3) is 11.1 Å². The van der Waals surface area contributed by atoms with E-state index in [0.717, 1.165) is 49.3 Å². The van der Waals surface area contributed by atoms with E-state index in [1.165, 1.54) is 0 Å². The summed E-state index contributed by atoms with van der Waals surface area (Å²) in [5, 5.41) is 1.93. The number of hydrogen-bond acceptors (Lipinski definition) is 5. The summed E-state index contributed by atoms with van der Waals surface area (Å²) in [4.78, 5) is 25.3. The van der Waals surface area contributed by atoms with Gasteiger partial charge in [-0.2, -0.15) is 0 Å². The Morgan fingerprint density at radius 1 is 1.15 bits per heavy atom. The largest absolute Gasteiger partial charge is 0.378 e. The van der Waals surface area contributed by atoms with Gasteiger partial charge in [0, 0.05) is 18.8 Å². The molecular formula is C14H14N2O3S. The number of carbonyl (C=O) groups excluding carboxylic acids is 2. The number of hydrogen-bond donors (Lipinski definition) is 1. The van der Waals surface area contributed by atoms with Gasteiger partial charge < -0.3 is 9.64 Å². The van der Waals surface area contributed by atoms with Gasteiger partial charge >= 0.3 is 0 Å². The number of imide groups is 1. The number of rotatable bonds is 2. The maximum Gasteiger partial charge on any atom is 0.290 e. The zero-order valence-electron chi connectivity index (χ0n) is 10.8. The zero-order valence-corrected chi connectivity index (χ0v) is 11.6. The highest BCUT2D eigenvalue weighted by Crippen LogP contribution is 2.26. The van der Waals surface area contributed by atoms with Crippen LogP contribution in [0.5, 0.6) is 0 Å². The quantitative estimate of drug-likeness (QED) is 0.842. The first kappa shape index (κ1) is 13.2. The minimum Gasteiger partial charge on any atom is -0.378 e. The fourth-order valence-electron chi connectivity index (χ4n) is 2.18. The average molecular weight is 290 g/mol. The highest BCUT2D eigenvalue weighted by Gasteiger charge is 2.24. The molecule has 20 heavy (non-hydrogen) atoms. The van der Waals surface area contributed by atoms with Crippen LogP contribution in [0.1, 0.15) is 5.56 Å². The molecule has 2 saturated heterocycles. The van der Waals surface area contributed by atoms with Gasteiger partial charge in [-0.15, -0.1) is 0 Å². The molecule has 3 rings (SSSR count). The number of thioether (sulfide) groups is 1. The van der Waals surface area contributed by atoms with E-state index in [1.807, 2.05) is 24.3 Å². The molecule has 0 aromatic heterocycles. The van der Waals surface area contributed by atoms with Crippen LogP contribution in [0, 0.1) is 0 Å². The molecule has 2 fully saturated rings. The third-order valence-corrected chi connectivity index (χ3v) is 4.02. The Morgan fingerprint density at radius 2 is 1.85 bits per heavy atom. The summed E-state index contributed by atoms with van der Waals surface area (Å²) in [6.45, 7) is 3.30. The number of benzene rings is 1. The van der Waals surface area contributed by atoms with Gasteiger partial charge in [0.15, 0.2) is 0 Å². The van der Waals surface area contributed by atoms with Gasteiger partial charge in [-0.3, -0.25) is 14.9 Å². The number of morpholine rings is 1. The van der Waals surface area contributed by atoms with Crippen molar-refractivity contribution in [2.24, 2.45) is 0 Å². The smallest absolute Gasteiger partial charge is 0.290 e. The van der Waals surface area contributed by atoms with Crippen molar-refractivity contribution < 1.29 is 14.3 Å². The number of carbonyl (C=O) groups is 2. The Balaban J connectivity index is 1.74. The lowest BCUT2D eigenvalue weighted by Crippen LogP contribution is -2.36. The van der Waals surface area contributed by atoms with Crippen molar-refractivity contribution in [3.8, 4) is 0 Å². The fraction of sp³-hybridized carbons (Fsp3) is 0.286. The van der Waals surface area contributed by atoms with Crippen molar-refractivity contribution in [2.45, 2.75) is 0 Å². The molecule has 1 N–H and O–H groups in total. The molecule has 6 heteroatoms. The lowest BCUT2D eigenvalue weighted by Gasteiger charge is -2.28. The second-order valence-electron chi connectivity index (χ2n) is 4.54. The minimum absolute atomic E-state index is 0.314. The van der Waals surface area contributed by atoms with E-state index in [9.17, 15) is 9.59 Å². The van der Waals surface area contributed by atoms with E-state index in [1.54, 1.807) is 6.08 Å². The third-order valence-electron chi connectivity index (χ3n) is 3.21. The molecule has 1 aromatic rings. The summed E-state index contributed by atoms with van der Waals surface area (Å²) in [5.74, 6) is -0.322. The van der Waals surface area contributed by atoms with E-state index >= 15 is 0 Å². The maximum atomic E-state index is 11.5. The van der Waals surface area contributed by atoms with Gasteiger partial charge in [-0.1, -0.05) is 12.1 Å². The summed E-state index contributed by atoms with van der Waals surface area (Å²) < 4.78 is 5.33. The number of nitrogens with zero attached hydrogens (tertiary/aromatic N) is 1. The number of anilines is 1. The SMILES string of the molecule is O=C1NC(=O)/C(=C/c2ccc(N3CCOCC3)cc2)S1. The van der Waals surface area contributed by atoms with Crippen LogP contribution in [0.2, 0.25) is 0 Å². The Bertz CT molecular complexity index is 562. The second kappa shape index (κ2) is 5.68. The van der Waals surface area contributed by atoms with Crippen molar-refractivity contribution in [2.75, 3.05) is 31.2 Å². The summed E-state index contributed by atoms with van der Waals surface area (Å²) >= 11 is 0.935. The van der Waals surface area contributed by atoms with Crippen molar-refractivity contribution in [3.05, 3.63) is 34.7 Å². The molecule has 0 bridgehead atoms. The van der Waals surface area contributed by atoms with E-state index in [-0.39, 0.29) is 11.1 Å². The molecule has 2 aliphatic rings. The van der Waals surface area contributed by atoms with E-state index in [0.29, 0.717) is 4.91 Å². The molecular weight excluding hydrogens is 276 g/mol. The van der Waals surface area contributed by atoms with Crippen LogP contribution in [0.25, 0.3) is 6.08 Å². The second-order valence-corrected chi connectivity index (χ2v) is 5.56. The van der Waals surface area contributed by atoms with Crippen LogP contribution < -0.4 is 10.2 Å². The van der Waals surface area contributed by atoms with Crippen molar-refractivity contribution in [1.82, 2.24) is 5.32 Å². The lowest BCUT2D eigenvalue weighted by molar-refractivity contribution is -0.115. The van der Waals surface area contributed by atoms with Crippen LogP contribution in [-0.2, 0) is 9.53 Å². The van der Waals surface area contributed by atoms with Crippen molar-refractivity contribution >= 4 is 34.7 Å². The summed E-state index contributed by atoms with van der Waals surface area (Å²) in [7, 11) is 0. The van der Waals surface area contributed by atoms with Gasteiger partial charge in [0.1, 0.15) is 0 Å². The van der Waals surface area contributed by atoms with Crippen LogP contribution in [0.4, 0.5) is 10.5 Å². The molecule has 0 atom stereocenters. The van der Waals surface area contributed by atoms with E-state index in [4.69, 9.17) is 4.74 Å². The van der Waals surface area contributed by atoms with Gasteiger partial charge in [0.05, 0.1) is 18.1 Å². The first-order valence-corrected chi connectivity index (χ1v) is 7.22. The molecule has 0 saturated carbocycles. The summed E-state index contributed by atoms with van der Waals surface area (Å²) in [6, 6.07) is 7.96. The van der Waals surface area contributed by atoms with Gasteiger partial charge in [-0.25, -0.2) is 0 Å². The predicted octanol–water partition coefficient (Wildman–Crippen LogP) is 1.85. The predicted molar refractivity (Wildman–Crippen MR) is 78.6 cm³/mol. The molecule has 0 radical (unpaired) electrons. The van der Waals surface area contributed by atoms with Gasteiger partial charge in [0.2, 0.25) is 0 Å². The van der Waals surface area contributed by atoms with Gasteiger partial charge in [-0.05, 0) is 35.5 Å². The average Bonchev–Trinajstić information content (AvgIpc) is 2.79. The van der Waals surface area contributed by atoms with Crippen LogP contribution in [0.3, 0.4) is 0 Å². The van der Waals surface area contributed by atoms with E-state index < -0.39 is 0 Å². The Kier molecular flexibility index (Phi) is 3.75. The molecule has 1 aromatic carbocycles. The topological polar surface area (TPSA) is 58.6 Å². The van der Waals surface area contributed by atoms with Crippen molar-refractivity contribution in [3.63, 3.8) is 0 Å². The fourth-order valence-corrected chi connectivity index (χ4v) is 2.86. The number of amides is 2.